The van der Waals surface area contributed by atoms with Gasteiger partial charge in [-0.25, -0.2) is 9.37 Å². The minimum absolute atomic E-state index is 0. The van der Waals surface area contributed by atoms with Crippen molar-refractivity contribution in [2.75, 3.05) is 10.6 Å². The number of halogens is 2. The maximum Gasteiger partial charge on any atom is 0.229 e. The molecule has 0 aliphatic heterocycles. The molecule has 4 nitrogen and oxygen atoms in total. The molecule has 0 unspecified atom stereocenters. The highest BCUT2D eigenvalue weighted by Crippen LogP contribution is 2.31. The summed E-state index contributed by atoms with van der Waals surface area (Å²) in [5.41, 5.74) is 4.59. The number of nitrogens with zero attached hydrogens (tertiary/aromatic N) is 2. The molecule has 0 saturated heterocycles. The summed E-state index contributed by atoms with van der Waals surface area (Å²) in [6, 6.07) is 14.6. The zero-order valence-electron chi connectivity index (χ0n) is 14.8. The lowest BCUT2D eigenvalue weighted by atomic mass is 10.2. The second-order valence-corrected chi connectivity index (χ2v) is 6.97. The maximum atomic E-state index is 13.3. The van der Waals surface area contributed by atoms with Crippen LogP contribution in [0.25, 0.3) is 10.2 Å². The van der Waals surface area contributed by atoms with Gasteiger partial charge in [0.15, 0.2) is 5.82 Å². The summed E-state index contributed by atoms with van der Waals surface area (Å²) in [4.78, 5) is 9.22. The minimum Gasteiger partial charge on any atom is -0.339 e. The van der Waals surface area contributed by atoms with E-state index in [1.54, 1.807) is 17.4 Å². The summed E-state index contributed by atoms with van der Waals surface area (Å²) in [7, 11) is 0. The van der Waals surface area contributed by atoms with Crippen LogP contribution in [-0.4, -0.2) is 9.97 Å². The molecule has 0 aliphatic rings. The van der Waals surface area contributed by atoms with Crippen molar-refractivity contribution in [1.82, 2.24) is 9.97 Å². The fourth-order valence-electron chi connectivity index (χ4n) is 2.73. The molecule has 2 heterocycles. The van der Waals surface area contributed by atoms with Crippen molar-refractivity contribution in [2.24, 2.45) is 0 Å². The summed E-state index contributed by atoms with van der Waals surface area (Å²) < 4.78 is 14.3. The van der Waals surface area contributed by atoms with Crippen LogP contribution < -0.4 is 10.6 Å². The third-order valence-corrected chi connectivity index (χ3v) is 5.05. The van der Waals surface area contributed by atoms with Gasteiger partial charge in [0.2, 0.25) is 5.95 Å². The van der Waals surface area contributed by atoms with Crippen LogP contribution in [0.1, 0.15) is 11.1 Å². The molecule has 4 rings (SSSR count). The second-order valence-electron chi connectivity index (χ2n) is 6.05. The summed E-state index contributed by atoms with van der Waals surface area (Å²) in [5, 5.41) is 8.60. The number of aromatic nitrogens is 2. The largest absolute Gasteiger partial charge is 0.339 e. The van der Waals surface area contributed by atoms with Gasteiger partial charge in [-0.2, -0.15) is 4.98 Å². The zero-order valence-corrected chi connectivity index (χ0v) is 16.4. The lowest BCUT2D eigenvalue weighted by molar-refractivity contribution is 0.627. The number of aryl methyl sites for hydroxylation is 2. The predicted molar refractivity (Wildman–Crippen MR) is 114 cm³/mol. The monoisotopic (exact) mass is 400 g/mol. The predicted octanol–water partition coefficient (Wildman–Crippen LogP) is 6.36. The highest BCUT2D eigenvalue weighted by Gasteiger charge is 2.11. The molecular formula is C20H18ClFN4S. The Bertz CT molecular complexity index is 1100. The Labute approximate surface area is 166 Å². The van der Waals surface area contributed by atoms with E-state index in [1.807, 2.05) is 36.6 Å². The number of hydrogen-bond acceptors (Lipinski definition) is 5. The number of fused-ring (bicyclic) bond motifs is 1. The van der Waals surface area contributed by atoms with Crippen LogP contribution in [0.15, 0.2) is 53.9 Å². The van der Waals surface area contributed by atoms with Gasteiger partial charge in [-0.3, -0.25) is 0 Å². The molecule has 0 fully saturated rings. The van der Waals surface area contributed by atoms with Crippen LogP contribution in [-0.2, 0) is 0 Å². The first-order valence-electron chi connectivity index (χ1n) is 8.21. The Morgan fingerprint density at radius 1 is 0.889 bits per heavy atom. The van der Waals surface area contributed by atoms with Gasteiger partial charge < -0.3 is 10.6 Å². The van der Waals surface area contributed by atoms with Crippen molar-refractivity contribution < 1.29 is 4.39 Å². The first kappa shape index (κ1) is 19.1. The smallest absolute Gasteiger partial charge is 0.229 e. The van der Waals surface area contributed by atoms with Gasteiger partial charge in [0.25, 0.3) is 0 Å². The number of nitrogens with one attached hydrogen (secondary N) is 2. The van der Waals surface area contributed by atoms with Crippen molar-refractivity contribution in [3.8, 4) is 0 Å². The fraction of sp³-hybridized carbons (Fsp3) is 0.100. The van der Waals surface area contributed by atoms with Gasteiger partial charge in [-0.05, 0) is 60.7 Å². The molecule has 0 amide bonds. The van der Waals surface area contributed by atoms with Crippen LogP contribution in [0.5, 0.6) is 0 Å². The molecule has 2 aromatic carbocycles. The van der Waals surface area contributed by atoms with E-state index in [0.29, 0.717) is 5.95 Å². The average molecular weight is 401 g/mol. The van der Waals surface area contributed by atoms with Crippen LogP contribution in [0.2, 0.25) is 0 Å². The van der Waals surface area contributed by atoms with Gasteiger partial charge >= 0.3 is 0 Å². The Kier molecular flexibility index (Phi) is 5.58. The van der Waals surface area contributed by atoms with Crippen LogP contribution in [0.4, 0.5) is 27.5 Å². The van der Waals surface area contributed by atoms with Crippen LogP contribution in [0.3, 0.4) is 0 Å². The molecular weight excluding hydrogens is 383 g/mol. The lowest BCUT2D eigenvalue weighted by Crippen LogP contribution is -2.03. The number of thiophene rings is 1. The lowest BCUT2D eigenvalue weighted by Gasteiger charge is -2.12. The van der Waals surface area contributed by atoms with E-state index in [1.165, 1.54) is 12.1 Å². The molecule has 27 heavy (non-hydrogen) atoms. The van der Waals surface area contributed by atoms with Gasteiger partial charge in [0.1, 0.15) is 5.82 Å². The van der Waals surface area contributed by atoms with Gasteiger partial charge in [0, 0.05) is 11.4 Å². The van der Waals surface area contributed by atoms with Gasteiger partial charge in [-0.1, -0.05) is 18.2 Å². The van der Waals surface area contributed by atoms with Gasteiger partial charge in [-0.15, -0.1) is 23.7 Å². The van der Waals surface area contributed by atoms with E-state index in [9.17, 15) is 4.39 Å². The third kappa shape index (κ3) is 4.02. The number of rotatable bonds is 4. The van der Waals surface area contributed by atoms with Crippen LogP contribution in [0, 0.1) is 19.7 Å². The summed E-state index contributed by atoms with van der Waals surface area (Å²) in [6.07, 6.45) is 0. The molecule has 0 spiro atoms. The Balaban J connectivity index is 0.00000210. The second kappa shape index (κ2) is 7.90. The Morgan fingerprint density at radius 2 is 1.67 bits per heavy atom. The van der Waals surface area contributed by atoms with Crippen molar-refractivity contribution in [2.45, 2.75) is 13.8 Å². The standard InChI is InChI=1S/C20H17FN4S.ClH/c1-12-5-3-4-6-15(12)22-19-18-17(9-10-26-18)24-20(25-19)23-16-8-7-14(21)11-13(16)2;/h3-11H,1-2H3,(H2,22,23,24,25);1H. The molecule has 4 aromatic rings. The highest BCUT2D eigenvalue weighted by atomic mass is 35.5. The fourth-order valence-corrected chi connectivity index (χ4v) is 3.51. The summed E-state index contributed by atoms with van der Waals surface area (Å²) in [5.74, 6) is 0.965. The highest BCUT2D eigenvalue weighted by molar-refractivity contribution is 7.17. The van der Waals surface area contributed by atoms with Crippen LogP contribution >= 0.6 is 23.7 Å². The molecule has 0 atom stereocenters. The summed E-state index contributed by atoms with van der Waals surface area (Å²) in [6.45, 7) is 3.90. The van der Waals surface area contributed by atoms with E-state index in [4.69, 9.17) is 0 Å². The molecule has 138 valence electrons. The molecule has 7 heteroatoms. The first-order chi connectivity index (χ1) is 12.6. The molecule has 0 bridgehead atoms. The minimum atomic E-state index is -0.260. The Morgan fingerprint density at radius 3 is 2.44 bits per heavy atom. The number of anilines is 4. The molecule has 0 radical (unpaired) electrons. The first-order valence-corrected chi connectivity index (χ1v) is 9.09. The third-order valence-electron chi connectivity index (χ3n) is 4.14. The van der Waals surface area contributed by atoms with Crippen molar-refractivity contribution in [3.63, 3.8) is 0 Å². The normalized spacial score (nSPS) is 10.5. The topological polar surface area (TPSA) is 49.8 Å². The molecule has 0 aliphatic carbocycles. The van der Waals surface area contributed by atoms with E-state index in [-0.39, 0.29) is 18.2 Å². The number of hydrogen-bond donors (Lipinski definition) is 2. The van der Waals surface area contributed by atoms with E-state index < -0.39 is 0 Å². The van der Waals surface area contributed by atoms with Gasteiger partial charge in [0.05, 0.1) is 10.2 Å². The van der Waals surface area contributed by atoms with E-state index in [2.05, 4.69) is 33.6 Å². The SMILES string of the molecule is Cc1cc(F)ccc1Nc1nc(Nc2ccccc2C)c2sccc2n1.Cl. The van der Waals surface area contributed by atoms with Crippen molar-refractivity contribution in [3.05, 3.63) is 70.9 Å². The quantitative estimate of drug-likeness (QED) is 0.418. The number of benzene rings is 2. The average Bonchev–Trinajstić information content (AvgIpc) is 3.08. The zero-order chi connectivity index (χ0) is 18.1. The maximum absolute atomic E-state index is 13.3. The molecule has 0 saturated carbocycles. The number of para-hydroxylation sites is 1. The van der Waals surface area contributed by atoms with Crippen molar-refractivity contribution in [1.29, 1.82) is 0 Å². The van der Waals surface area contributed by atoms with E-state index in [0.717, 1.165) is 38.5 Å². The summed E-state index contributed by atoms with van der Waals surface area (Å²) >= 11 is 1.59. The molecule has 2 N–H and O–H groups in total. The van der Waals surface area contributed by atoms with E-state index >= 15 is 0 Å². The van der Waals surface area contributed by atoms with Crippen molar-refractivity contribution >= 4 is 57.1 Å². The molecule has 2 aromatic heterocycles. The Hall–Kier alpha value is -2.70.